The van der Waals surface area contributed by atoms with E-state index >= 15 is 0 Å². The van der Waals surface area contributed by atoms with Gasteiger partial charge in [0, 0.05) is 31.5 Å². The number of hydrogen-bond donors (Lipinski definition) is 1. The Kier molecular flexibility index (Phi) is 5.66. The van der Waals surface area contributed by atoms with E-state index in [0.29, 0.717) is 25.3 Å². The summed E-state index contributed by atoms with van der Waals surface area (Å²) >= 11 is 0. The Bertz CT molecular complexity index is 368. The standard InChI is InChI=1S/C13H18FNO2/c1-3-6-15(7-8-17-2)13-5-4-12(14)9-11(13)10-16/h3-5,9,16H,1,6-8,10H2,2H3. The van der Waals surface area contributed by atoms with Crippen molar-refractivity contribution in [3.05, 3.63) is 42.2 Å². The predicted octanol–water partition coefficient (Wildman–Crippen LogP) is 1.96. The molecule has 4 heteroatoms. The summed E-state index contributed by atoms with van der Waals surface area (Å²) in [5.74, 6) is -0.344. The molecular formula is C13H18FNO2. The van der Waals surface area contributed by atoms with Crippen molar-refractivity contribution in [1.82, 2.24) is 0 Å². The van der Waals surface area contributed by atoms with Crippen molar-refractivity contribution in [2.45, 2.75) is 6.61 Å². The van der Waals surface area contributed by atoms with E-state index in [4.69, 9.17) is 4.74 Å². The zero-order valence-corrected chi connectivity index (χ0v) is 10.0. The summed E-state index contributed by atoms with van der Waals surface area (Å²) in [4.78, 5) is 1.99. The first-order valence-electron chi connectivity index (χ1n) is 5.47. The number of hydrogen-bond acceptors (Lipinski definition) is 3. The molecule has 0 aliphatic heterocycles. The van der Waals surface area contributed by atoms with Crippen LogP contribution in [-0.2, 0) is 11.3 Å². The third-order valence-electron chi connectivity index (χ3n) is 2.47. The SMILES string of the molecule is C=CCN(CCOC)c1ccc(F)cc1CO. The van der Waals surface area contributed by atoms with E-state index in [1.807, 2.05) is 4.90 Å². The van der Waals surface area contributed by atoms with Crippen molar-refractivity contribution < 1.29 is 14.2 Å². The second-order valence-corrected chi connectivity index (χ2v) is 3.66. The van der Waals surface area contributed by atoms with Gasteiger partial charge in [0.15, 0.2) is 0 Å². The molecule has 0 radical (unpaired) electrons. The quantitative estimate of drug-likeness (QED) is 0.738. The fourth-order valence-corrected chi connectivity index (χ4v) is 1.66. The molecule has 0 atom stereocenters. The number of benzene rings is 1. The van der Waals surface area contributed by atoms with E-state index in [-0.39, 0.29) is 12.4 Å². The molecule has 0 fully saturated rings. The Morgan fingerprint density at radius 1 is 1.53 bits per heavy atom. The molecule has 0 unspecified atom stereocenters. The molecule has 0 aliphatic carbocycles. The molecule has 1 aromatic carbocycles. The Labute approximate surface area is 101 Å². The molecular weight excluding hydrogens is 221 g/mol. The van der Waals surface area contributed by atoms with Crippen LogP contribution in [0.5, 0.6) is 0 Å². The van der Waals surface area contributed by atoms with Crippen molar-refractivity contribution in [1.29, 1.82) is 0 Å². The van der Waals surface area contributed by atoms with Gasteiger partial charge in [-0.2, -0.15) is 0 Å². The number of ether oxygens (including phenoxy) is 1. The summed E-state index contributed by atoms with van der Waals surface area (Å²) in [6.45, 7) is 5.36. The molecule has 0 aliphatic rings. The molecule has 0 bridgehead atoms. The van der Waals surface area contributed by atoms with Gasteiger partial charge in [-0.15, -0.1) is 6.58 Å². The highest BCUT2D eigenvalue weighted by molar-refractivity contribution is 5.54. The van der Waals surface area contributed by atoms with Crippen LogP contribution in [0.15, 0.2) is 30.9 Å². The molecule has 0 saturated carbocycles. The van der Waals surface area contributed by atoms with Gasteiger partial charge in [0.05, 0.1) is 13.2 Å². The summed E-state index contributed by atoms with van der Waals surface area (Å²) < 4.78 is 18.1. The van der Waals surface area contributed by atoms with Crippen LogP contribution in [-0.4, -0.2) is 31.9 Å². The van der Waals surface area contributed by atoms with E-state index in [0.717, 1.165) is 5.69 Å². The number of nitrogens with zero attached hydrogens (tertiary/aromatic N) is 1. The Morgan fingerprint density at radius 3 is 2.88 bits per heavy atom. The zero-order valence-electron chi connectivity index (χ0n) is 10.0. The first-order chi connectivity index (χ1) is 8.22. The van der Waals surface area contributed by atoms with Crippen LogP contribution in [0, 0.1) is 5.82 Å². The molecule has 0 saturated heterocycles. The minimum atomic E-state index is -0.344. The monoisotopic (exact) mass is 239 g/mol. The van der Waals surface area contributed by atoms with Gasteiger partial charge in [0.1, 0.15) is 5.82 Å². The smallest absolute Gasteiger partial charge is 0.123 e. The summed E-state index contributed by atoms with van der Waals surface area (Å²) in [7, 11) is 1.63. The first kappa shape index (κ1) is 13.7. The van der Waals surface area contributed by atoms with E-state index in [1.54, 1.807) is 19.3 Å². The summed E-state index contributed by atoms with van der Waals surface area (Å²) in [6, 6.07) is 4.40. The second-order valence-electron chi connectivity index (χ2n) is 3.66. The fraction of sp³-hybridized carbons (Fsp3) is 0.385. The van der Waals surface area contributed by atoms with Crippen LogP contribution in [0.25, 0.3) is 0 Å². The van der Waals surface area contributed by atoms with Crippen LogP contribution in [0.2, 0.25) is 0 Å². The van der Waals surface area contributed by atoms with Gasteiger partial charge in [-0.1, -0.05) is 6.08 Å². The van der Waals surface area contributed by atoms with Crippen LogP contribution in [0.1, 0.15) is 5.56 Å². The molecule has 1 N–H and O–H groups in total. The maximum atomic E-state index is 13.1. The zero-order chi connectivity index (χ0) is 12.7. The highest BCUT2D eigenvalue weighted by Crippen LogP contribution is 2.21. The number of methoxy groups -OCH3 is 1. The van der Waals surface area contributed by atoms with Crippen molar-refractivity contribution >= 4 is 5.69 Å². The second kappa shape index (κ2) is 7.04. The Morgan fingerprint density at radius 2 is 2.29 bits per heavy atom. The minimum absolute atomic E-state index is 0.187. The third-order valence-corrected chi connectivity index (χ3v) is 2.47. The van der Waals surface area contributed by atoms with Gasteiger partial charge in [0.2, 0.25) is 0 Å². The normalized spacial score (nSPS) is 10.3. The number of halogens is 1. The third kappa shape index (κ3) is 3.84. The number of aliphatic hydroxyl groups excluding tert-OH is 1. The molecule has 17 heavy (non-hydrogen) atoms. The molecule has 1 rings (SSSR count). The summed E-state index contributed by atoms with van der Waals surface area (Å²) in [5, 5.41) is 9.23. The number of rotatable bonds is 7. The number of anilines is 1. The fourth-order valence-electron chi connectivity index (χ4n) is 1.66. The van der Waals surface area contributed by atoms with Crippen molar-refractivity contribution in [2.24, 2.45) is 0 Å². The summed E-state index contributed by atoms with van der Waals surface area (Å²) in [5.41, 5.74) is 1.38. The van der Waals surface area contributed by atoms with Gasteiger partial charge in [-0.05, 0) is 18.2 Å². The lowest BCUT2D eigenvalue weighted by Gasteiger charge is -2.25. The topological polar surface area (TPSA) is 32.7 Å². The Hall–Kier alpha value is -1.39. The molecule has 0 heterocycles. The molecule has 94 valence electrons. The maximum absolute atomic E-state index is 13.1. The van der Waals surface area contributed by atoms with Gasteiger partial charge in [0.25, 0.3) is 0 Å². The molecule has 0 spiro atoms. The lowest BCUT2D eigenvalue weighted by Crippen LogP contribution is -2.28. The largest absolute Gasteiger partial charge is 0.392 e. The average molecular weight is 239 g/mol. The van der Waals surface area contributed by atoms with E-state index in [2.05, 4.69) is 6.58 Å². The van der Waals surface area contributed by atoms with Gasteiger partial charge in [-0.25, -0.2) is 4.39 Å². The predicted molar refractivity (Wildman–Crippen MR) is 66.6 cm³/mol. The van der Waals surface area contributed by atoms with Crippen molar-refractivity contribution in [2.75, 3.05) is 31.7 Å². The summed E-state index contributed by atoms with van der Waals surface area (Å²) in [6.07, 6.45) is 1.76. The van der Waals surface area contributed by atoms with Crippen LogP contribution in [0.4, 0.5) is 10.1 Å². The highest BCUT2D eigenvalue weighted by Gasteiger charge is 2.10. The van der Waals surface area contributed by atoms with Crippen molar-refractivity contribution in [3.8, 4) is 0 Å². The van der Waals surface area contributed by atoms with Crippen LogP contribution < -0.4 is 4.90 Å². The maximum Gasteiger partial charge on any atom is 0.123 e. The van der Waals surface area contributed by atoms with Crippen LogP contribution >= 0.6 is 0 Å². The minimum Gasteiger partial charge on any atom is -0.392 e. The lowest BCUT2D eigenvalue weighted by molar-refractivity contribution is 0.205. The number of aliphatic hydroxyl groups is 1. The van der Waals surface area contributed by atoms with Gasteiger partial charge in [-0.3, -0.25) is 0 Å². The molecule has 3 nitrogen and oxygen atoms in total. The molecule has 0 aromatic heterocycles. The first-order valence-corrected chi connectivity index (χ1v) is 5.47. The Balaban J connectivity index is 2.95. The van der Waals surface area contributed by atoms with E-state index in [9.17, 15) is 9.50 Å². The van der Waals surface area contributed by atoms with Crippen LogP contribution in [0.3, 0.4) is 0 Å². The van der Waals surface area contributed by atoms with Crippen molar-refractivity contribution in [3.63, 3.8) is 0 Å². The average Bonchev–Trinajstić information content (AvgIpc) is 2.34. The van der Waals surface area contributed by atoms with Gasteiger partial charge >= 0.3 is 0 Å². The lowest BCUT2D eigenvalue weighted by atomic mass is 10.1. The molecule has 1 aromatic rings. The highest BCUT2D eigenvalue weighted by atomic mass is 19.1. The molecule has 0 amide bonds. The van der Waals surface area contributed by atoms with Gasteiger partial charge < -0.3 is 14.7 Å². The van der Waals surface area contributed by atoms with E-state index in [1.165, 1.54) is 12.1 Å². The van der Waals surface area contributed by atoms with E-state index < -0.39 is 0 Å².